The van der Waals surface area contributed by atoms with Crippen LogP contribution >= 0.6 is 0 Å². The van der Waals surface area contributed by atoms with Crippen LogP contribution in [0.2, 0.25) is 0 Å². The first-order valence-corrected chi connectivity index (χ1v) is 41.1. The number of likely N-dealkylation sites (N-methyl/N-ethyl adjacent to an activating group) is 2. The number of ether oxygens (including phenoxy) is 9. The zero-order chi connectivity index (χ0) is 86.0. The van der Waals surface area contributed by atoms with E-state index >= 15 is 4.79 Å². The molecule has 10 aliphatic rings. The predicted octanol–water partition coefficient (Wildman–Crippen LogP) is 10.7. The Hall–Kier alpha value is -12.3. The van der Waals surface area contributed by atoms with E-state index in [-0.39, 0.29) is 49.1 Å². The van der Waals surface area contributed by atoms with Crippen molar-refractivity contribution in [1.29, 1.82) is 0 Å². The molecule has 0 radical (unpaired) electrons. The first-order chi connectivity index (χ1) is 58.4. The van der Waals surface area contributed by atoms with Crippen LogP contribution in [0.3, 0.4) is 0 Å². The highest BCUT2D eigenvalue weighted by Gasteiger charge is 2.80. The Labute approximate surface area is 715 Å². The molecule has 9 heterocycles. The van der Waals surface area contributed by atoms with Gasteiger partial charge in [0.15, 0.2) is 11.2 Å². The highest BCUT2D eigenvalue weighted by molar-refractivity contribution is 5.96. The van der Waals surface area contributed by atoms with Crippen LogP contribution < -0.4 is 28.7 Å². The van der Waals surface area contributed by atoms with Crippen molar-refractivity contribution in [1.82, 2.24) is 19.7 Å². The van der Waals surface area contributed by atoms with Crippen molar-refractivity contribution in [2.24, 2.45) is 16.7 Å². The molecule has 632 valence electrons. The van der Waals surface area contributed by atoms with Crippen LogP contribution in [0.1, 0.15) is 129 Å². The number of anilines is 2. The van der Waals surface area contributed by atoms with Crippen molar-refractivity contribution in [2.75, 3.05) is 118 Å². The Morgan fingerprint density at radius 2 is 1.06 bits per heavy atom. The molecule has 15 atom stereocenters. The van der Waals surface area contributed by atoms with E-state index in [1.54, 1.807) is 62.8 Å². The number of hydrogen-bond donors (Lipinski definition) is 3. The molecule has 0 amide bonds. The molecule has 22 nitrogen and oxygen atoms in total. The monoisotopic (exact) mass is 1650 g/mol. The molecule has 3 unspecified atom stereocenters. The summed E-state index contributed by atoms with van der Waals surface area (Å²) in [6.45, 7) is 13.7. The number of rotatable bonds is 17. The molecule has 2 spiro atoms. The van der Waals surface area contributed by atoms with E-state index in [0.717, 1.165) is 96.6 Å². The second-order valence-corrected chi connectivity index (χ2v) is 32.7. The maximum absolute atomic E-state index is 15.5. The summed E-state index contributed by atoms with van der Waals surface area (Å²) in [6.07, 6.45) is 23.1. The number of para-hydroxylation sites is 3. The smallest absolute Gasteiger partial charge is 0.342 e. The van der Waals surface area contributed by atoms with Crippen LogP contribution in [0.5, 0.6) is 23.0 Å². The minimum absolute atomic E-state index is 0. The maximum Gasteiger partial charge on any atom is 0.342 e. The molecule has 22 heteroatoms. The van der Waals surface area contributed by atoms with E-state index in [9.17, 15) is 29.4 Å². The maximum atomic E-state index is 15.5. The molecule has 6 aromatic rings. The van der Waals surface area contributed by atoms with Gasteiger partial charge in [-0.3, -0.25) is 29.1 Å². The van der Waals surface area contributed by atoms with E-state index in [4.69, 9.17) is 55.5 Å². The second-order valence-electron chi connectivity index (χ2n) is 32.7. The topological polar surface area (TPSA) is 241 Å². The van der Waals surface area contributed by atoms with E-state index in [1.165, 1.54) is 40.7 Å². The average Bonchev–Trinajstić information content (AvgIpc) is 1.47. The largest absolute Gasteiger partial charge is 0.497 e. The Morgan fingerprint density at radius 3 is 1.54 bits per heavy atom. The lowest BCUT2D eigenvalue weighted by Crippen LogP contribution is -2.80. The number of carbonyl (C=O) groups is 5. The fraction of sp³-hybridized carbons (Fsp3) is 0.430. The third-order valence-electron chi connectivity index (χ3n) is 27.1. The lowest BCUT2D eigenvalue weighted by atomic mass is 9.47. The van der Waals surface area contributed by atoms with Gasteiger partial charge < -0.3 is 67.6 Å². The number of H-pyrrole nitrogens is 1. The van der Waals surface area contributed by atoms with E-state index in [2.05, 4.69) is 182 Å². The summed E-state index contributed by atoms with van der Waals surface area (Å²) < 4.78 is 53.7. The number of nitrogens with one attached hydrogen (secondary N) is 1. The molecule has 2 saturated carbocycles. The van der Waals surface area contributed by atoms with Gasteiger partial charge in [0.2, 0.25) is 0 Å². The first-order valence-electron chi connectivity index (χ1n) is 41.1. The van der Waals surface area contributed by atoms with Crippen molar-refractivity contribution in [3.8, 4) is 107 Å². The normalized spacial score (nSPS) is 28.7. The summed E-state index contributed by atoms with van der Waals surface area (Å²) >= 11 is 0. The first kappa shape index (κ1) is 87.5. The Kier molecular flexibility index (Phi) is 25.4. The Bertz CT molecular complexity index is 5600. The van der Waals surface area contributed by atoms with Gasteiger partial charge in [0, 0.05) is 140 Å². The number of benzene rings is 5. The minimum atomic E-state index is -1.95. The number of fused-ring (bicyclic) bond motifs is 7. The quantitative estimate of drug-likeness (QED) is 0.0333. The number of nitrogens with zero attached hydrogens (tertiary/aromatic N) is 5. The molecule has 4 fully saturated rings. The third-order valence-corrected chi connectivity index (χ3v) is 27.1. The van der Waals surface area contributed by atoms with Crippen LogP contribution in [0.4, 0.5) is 11.4 Å². The molecule has 8 aliphatic heterocycles. The summed E-state index contributed by atoms with van der Waals surface area (Å²) in [5.74, 6) is 27.5. The Morgan fingerprint density at radius 1 is 0.566 bits per heavy atom. The molecular weight excluding hydrogens is 1540 g/mol. The van der Waals surface area contributed by atoms with Crippen molar-refractivity contribution in [3.05, 3.63) is 178 Å². The number of terminal acetylenes is 2. The minimum Gasteiger partial charge on any atom is -0.497 e. The zero-order valence-electron chi connectivity index (χ0n) is 70.6. The van der Waals surface area contributed by atoms with Gasteiger partial charge in [-0.2, -0.15) is 0 Å². The molecule has 2 aliphatic carbocycles. The van der Waals surface area contributed by atoms with Gasteiger partial charge in [-0.15, -0.1) is 12.8 Å². The molecular formula is C100H106N6O16. The number of esters is 5. The fourth-order valence-corrected chi connectivity index (χ4v) is 23.0. The SMILES string of the molecule is C.C#CC#CC#CC#CC#CC#CC#C.CCC1=C[C@@H]2CN(CCc3c([nH]c4ccccc34)[C@@](C(=O)OC)(c3cc4c(cc3OC)N(C)[C@H]3[C@@](O)(COC(=O)c5ccccc5OC)[C@H](OC(C)=O)[C@]5(CC)C=CCN6CC[C@]43C65)C2)C1.CC[C@]12C=CCN3CC[C@@]4(c5ccc(OC)cc5N(C)[C@H]4[C@@](O)(COC(=O)c4ccccc4OC)[C@@H]1OC(C)=O)C32. The third kappa shape index (κ3) is 14.3. The standard InChI is InChI=1S/C53H62N4O9.C32H38N2O7.C14H2.CH4/c1-8-33-25-34-28-52(49(60)64-7,44-36(19-23-56(29-33)30-34)35-15-10-12-17-40(35)54-44)39-26-38-41(27-43(39)63-6)55(4)47-51(38)21-24-57-22-14-20-50(9-2,46(51)57)48(66-32(3)58)53(47,61)31-65-45(59)37-16-11-13-18-42(37)62-5;1-6-30-14-9-16-34-17-15-31(27(30)34)23-13-12-21(38-4)18-24(23)33(3)28(31)32(37,29(30)41-20(2)35)19-40-26(36)22-10-7-8-11-25(22)39-5;1-3-5-7-9-11-13-14-12-10-8-6-4-2;/h10-18,20,25-27,34,46-48,54,61H,8-9,19,21-24,28-31H2,1-7H3;7-14,18,27-29,37H,6,15-17,19H2,1-5H3;1-2H;1H4/t34-,46?,47+,48+,50+,51+,52-,53-;27?,28-,29-,30-,31-,32+;;/m01../s1. The zero-order valence-corrected chi connectivity index (χ0v) is 70.6. The van der Waals surface area contributed by atoms with E-state index < -0.39 is 93.1 Å². The van der Waals surface area contributed by atoms with E-state index in [1.807, 2.05) is 38.4 Å². The molecule has 2 bridgehead atoms. The second kappa shape index (κ2) is 35.4. The van der Waals surface area contributed by atoms with Gasteiger partial charge >= 0.3 is 29.8 Å². The molecule has 2 saturated heterocycles. The lowest BCUT2D eigenvalue weighted by molar-refractivity contribution is -0.228. The number of aromatic nitrogens is 1. The van der Waals surface area contributed by atoms with Crippen molar-refractivity contribution in [3.63, 3.8) is 0 Å². The summed E-state index contributed by atoms with van der Waals surface area (Å²) in [4.78, 5) is 84.4. The van der Waals surface area contributed by atoms with Crippen LogP contribution in [0.15, 0.2) is 139 Å². The van der Waals surface area contributed by atoms with Crippen LogP contribution in [0.25, 0.3) is 10.9 Å². The van der Waals surface area contributed by atoms with E-state index in [0.29, 0.717) is 67.3 Å². The number of hydrogen-bond acceptors (Lipinski definition) is 21. The van der Waals surface area contributed by atoms with Gasteiger partial charge in [-0.25, -0.2) is 9.59 Å². The van der Waals surface area contributed by atoms with Crippen LogP contribution in [-0.2, 0) is 60.7 Å². The van der Waals surface area contributed by atoms with Crippen molar-refractivity contribution in [2.45, 2.75) is 151 Å². The molecule has 122 heavy (non-hydrogen) atoms. The van der Waals surface area contributed by atoms with Crippen molar-refractivity contribution < 1.29 is 76.8 Å². The highest BCUT2D eigenvalue weighted by atomic mass is 16.6. The highest BCUT2D eigenvalue weighted by Crippen LogP contribution is 2.70. The van der Waals surface area contributed by atoms with Crippen molar-refractivity contribution >= 4 is 52.1 Å². The van der Waals surface area contributed by atoms with Gasteiger partial charge in [0.25, 0.3) is 0 Å². The van der Waals surface area contributed by atoms with Crippen LogP contribution in [-0.4, -0.2) is 216 Å². The number of methoxy groups -OCH3 is 5. The van der Waals surface area contributed by atoms with Gasteiger partial charge in [-0.05, 0) is 194 Å². The Balaban J connectivity index is 0.000000194. The average molecular weight is 1650 g/mol. The number of aliphatic hydroxyl groups is 2. The molecule has 1 aromatic heterocycles. The number of aromatic amines is 1. The predicted molar refractivity (Wildman–Crippen MR) is 466 cm³/mol. The fourth-order valence-electron chi connectivity index (χ4n) is 23.0. The summed E-state index contributed by atoms with van der Waals surface area (Å²) in [5, 5.41) is 28.1. The number of carbonyl (C=O) groups excluding carboxylic acids is 5. The lowest BCUT2D eigenvalue weighted by Gasteiger charge is -2.64. The summed E-state index contributed by atoms with van der Waals surface area (Å²) in [5.41, 5.74) is 1.17. The van der Waals surface area contributed by atoms with Gasteiger partial charge in [0.05, 0.1) is 47.6 Å². The molecule has 3 N–H and O–H groups in total. The van der Waals surface area contributed by atoms with Gasteiger partial charge in [0.1, 0.15) is 65.0 Å². The summed E-state index contributed by atoms with van der Waals surface area (Å²) in [7, 11) is 11.6. The molecule has 5 aromatic carbocycles. The van der Waals surface area contributed by atoms with Gasteiger partial charge in [-0.1, -0.05) is 113 Å². The van der Waals surface area contributed by atoms with Crippen LogP contribution in [0, 0.1) is 101 Å². The summed E-state index contributed by atoms with van der Waals surface area (Å²) in [6, 6.07) is 30.6. The molecule has 16 rings (SSSR count).